The first-order valence-corrected chi connectivity index (χ1v) is 6.42. The lowest BCUT2D eigenvalue weighted by atomic mass is 9.92. The van der Waals surface area contributed by atoms with Gasteiger partial charge in [0.1, 0.15) is 0 Å². The van der Waals surface area contributed by atoms with E-state index in [0.29, 0.717) is 17.7 Å². The summed E-state index contributed by atoms with van der Waals surface area (Å²) in [5.41, 5.74) is 7.20. The Morgan fingerprint density at radius 1 is 1.45 bits per heavy atom. The zero-order chi connectivity index (χ0) is 15.3. The van der Waals surface area contributed by atoms with Crippen LogP contribution in [0.3, 0.4) is 0 Å². The van der Waals surface area contributed by atoms with Crippen molar-refractivity contribution in [3.63, 3.8) is 0 Å². The lowest BCUT2D eigenvalue weighted by molar-refractivity contribution is 0.0475. The van der Waals surface area contributed by atoms with Gasteiger partial charge in [0.05, 0.1) is 35.0 Å². The first-order chi connectivity index (χ1) is 9.26. The number of hydrogen-bond donors (Lipinski definition) is 1. The molecule has 1 aromatic rings. The molecule has 5 heteroatoms. The van der Waals surface area contributed by atoms with Crippen molar-refractivity contribution in [3.05, 3.63) is 23.8 Å². The molecule has 0 aromatic heterocycles. The highest BCUT2D eigenvalue weighted by Crippen LogP contribution is 2.23. The molecule has 0 saturated heterocycles. The molecule has 1 aromatic carbocycles. The largest absolute Gasteiger partial charge is 0.462 e. The molecule has 20 heavy (non-hydrogen) atoms. The van der Waals surface area contributed by atoms with E-state index in [1.165, 1.54) is 0 Å². The van der Waals surface area contributed by atoms with E-state index in [2.05, 4.69) is 6.07 Å². The second-order valence-corrected chi connectivity index (χ2v) is 5.55. The number of anilines is 2. The second kappa shape index (κ2) is 6.29. The third-order valence-corrected chi connectivity index (χ3v) is 3.01. The summed E-state index contributed by atoms with van der Waals surface area (Å²) < 4.78 is 5.16. The van der Waals surface area contributed by atoms with E-state index >= 15 is 0 Å². The van der Waals surface area contributed by atoms with Crippen LogP contribution in [0.25, 0.3) is 0 Å². The van der Waals surface area contributed by atoms with Gasteiger partial charge in [0.25, 0.3) is 0 Å². The van der Waals surface area contributed by atoms with E-state index in [0.717, 1.165) is 5.69 Å². The van der Waals surface area contributed by atoms with Crippen LogP contribution in [0.15, 0.2) is 18.2 Å². The summed E-state index contributed by atoms with van der Waals surface area (Å²) in [7, 11) is 3.77. The summed E-state index contributed by atoms with van der Waals surface area (Å²) >= 11 is 0. The molecule has 0 bridgehead atoms. The molecule has 0 radical (unpaired) electrons. The van der Waals surface area contributed by atoms with Crippen LogP contribution in [0, 0.1) is 16.7 Å². The van der Waals surface area contributed by atoms with Crippen molar-refractivity contribution in [1.82, 2.24) is 0 Å². The average Bonchev–Trinajstić information content (AvgIpc) is 2.37. The Balaban J connectivity index is 2.66. The van der Waals surface area contributed by atoms with Crippen molar-refractivity contribution in [3.8, 4) is 6.07 Å². The van der Waals surface area contributed by atoms with Crippen LogP contribution in [0.2, 0.25) is 0 Å². The second-order valence-electron chi connectivity index (χ2n) is 5.55. The van der Waals surface area contributed by atoms with Crippen molar-refractivity contribution in [1.29, 1.82) is 5.26 Å². The number of rotatable bonds is 5. The summed E-state index contributed by atoms with van der Waals surface area (Å²) in [6, 6.07) is 7.24. The van der Waals surface area contributed by atoms with Crippen LogP contribution in [0.4, 0.5) is 11.4 Å². The van der Waals surface area contributed by atoms with E-state index in [1.54, 1.807) is 18.2 Å². The number of esters is 1. The fraction of sp³-hybridized carbons (Fsp3) is 0.467. The molecule has 0 aliphatic heterocycles. The van der Waals surface area contributed by atoms with E-state index in [1.807, 2.05) is 32.8 Å². The van der Waals surface area contributed by atoms with Gasteiger partial charge in [-0.15, -0.1) is 0 Å². The minimum absolute atomic E-state index is 0.217. The average molecular weight is 275 g/mol. The predicted octanol–water partition coefficient (Wildman–Crippen LogP) is 2.43. The molecule has 0 unspecified atom stereocenters. The van der Waals surface area contributed by atoms with Crippen molar-refractivity contribution in [2.75, 3.05) is 31.3 Å². The summed E-state index contributed by atoms with van der Waals surface area (Å²) in [6.07, 6.45) is 0.500. The monoisotopic (exact) mass is 275 g/mol. The Morgan fingerprint density at radius 3 is 2.60 bits per heavy atom. The van der Waals surface area contributed by atoms with E-state index in [9.17, 15) is 4.79 Å². The fourth-order valence-electron chi connectivity index (χ4n) is 1.63. The molecule has 0 spiro atoms. The van der Waals surface area contributed by atoms with Crippen LogP contribution in [0.1, 0.15) is 30.6 Å². The van der Waals surface area contributed by atoms with Crippen LogP contribution < -0.4 is 10.6 Å². The summed E-state index contributed by atoms with van der Waals surface area (Å²) in [6.45, 7) is 3.84. The summed E-state index contributed by atoms with van der Waals surface area (Å²) in [4.78, 5) is 13.8. The van der Waals surface area contributed by atoms with Gasteiger partial charge in [0.15, 0.2) is 0 Å². The third kappa shape index (κ3) is 4.16. The Bertz CT molecular complexity index is 530. The SMILES string of the molecule is CN(C)c1ccc(C(=O)OCCC(C)(C)C#N)cc1N. The van der Waals surface area contributed by atoms with Gasteiger partial charge in [-0.05, 0) is 38.5 Å². The van der Waals surface area contributed by atoms with Gasteiger partial charge in [0.2, 0.25) is 0 Å². The lowest BCUT2D eigenvalue weighted by Gasteiger charge is -2.16. The maximum Gasteiger partial charge on any atom is 0.338 e. The molecular formula is C15H21N3O2. The highest BCUT2D eigenvalue weighted by atomic mass is 16.5. The molecule has 1 rings (SSSR count). The number of carbonyl (C=O) groups is 1. The quantitative estimate of drug-likeness (QED) is 0.659. The zero-order valence-corrected chi connectivity index (χ0v) is 12.4. The molecule has 5 nitrogen and oxygen atoms in total. The van der Waals surface area contributed by atoms with Gasteiger partial charge >= 0.3 is 5.97 Å². The molecule has 0 fully saturated rings. The number of nitrogens with zero attached hydrogens (tertiary/aromatic N) is 2. The Kier molecular flexibility index (Phi) is 4.98. The van der Waals surface area contributed by atoms with E-state index in [-0.39, 0.29) is 6.61 Å². The van der Waals surface area contributed by atoms with E-state index < -0.39 is 11.4 Å². The third-order valence-electron chi connectivity index (χ3n) is 3.01. The predicted molar refractivity (Wildman–Crippen MR) is 79.5 cm³/mol. The van der Waals surface area contributed by atoms with Crippen LogP contribution in [0.5, 0.6) is 0 Å². The Hall–Kier alpha value is -2.22. The standard InChI is InChI=1S/C15H21N3O2/c1-15(2,10-16)7-8-20-14(19)11-5-6-13(18(3)4)12(17)9-11/h5-6,9H,7-8,17H2,1-4H3. The Morgan fingerprint density at radius 2 is 2.10 bits per heavy atom. The number of nitriles is 1. The zero-order valence-electron chi connectivity index (χ0n) is 12.4. The van der Waals surface area contributed by atoms with Crippen molar-refractivity contribution in [2.45, 2.75) is 20.3 Å². The maximum atomic E-state index is 11.9. The van der Waals surface area contributed by atoms with Crippen LogP contribution in [-0.4, -0.2) is 26.7 Å². The number of benzene rings is 1. The summed E-state index contributed by atoms with van der Waals surface area (Å²) in [5.74, 6) is -0.421. The molecule has 0 heterocycles. The maximum absolute atomic E-state index is 11.9. The molecule has 0 aliphatic rings. The first-order valence-electron chi connectivity index (χ1n) is 6.42. The van der Waals surface area contributed by atoms with Gasteiger partial charge in [-0.2, -0.15) is 5.26 Å². The van der Waals surface area contributed by atoms with Crippen molar-refractivity contribution < 1.29 is 9.53 Å². The number of hydrogen-bond acceptors (Lipinski definition) is 5. The molecule has 0 aliphatic carbocycles. The highest BCUT2D eigenvalue weighted by Gasteiger charge is 2.18. The molecular weight excluding hydrogens is 254 g/mol. The minimum Gasteiger partial charge on any atom is -0.462 e. The Labute approximate surface area is 119 Å². The van der Waals surface area contributed by atoms with Crippen molar-refractivity contribution in [2.24, 2.45) is 5.41 Å². The number of carbonyl (C=O) groups excluding carboxylic acids is 1. The van der Waals surface area contributed by atoms with Gasteiger partial charge in [-0.1, -0.05) is 0 Å². The van der Waals surface area contributed by atoms with E-state index in [4.69, 9.17) is 15.7 Å². The minimum atomic E-state index is -0.492. The normalized spacial score (nSPS) is 10.8. The van der Waals surface area contributed by atoms with Gasteiger partial charge in [0, 0.05) is 14.1 Å². The van der Waals surface area contributed by atoms with Crippen LogP contribution >= 0.6 is 0 Å². The smallest absolute Gasteiger partial charge is 0.338 e. The lowest BCUT2D eigenvalue weighted by Crippen LogP contribution is -2.15. The highest BCUT2D eigenvalue weighted by molar-refractivity contribution is 5.92. The fourth-order valence-corrected chi connectivity index (χ4v) is 1.63. The summed E-state index contributed by atoms with van der Waals surface area (Å²) in [5, 5.41) is 8.88. The van der Waals surface area contributed by atoms with Crippen molar-refractivity contribution >= 4 is 17.3 Å². The molecule has 0 amide bonds. The number of ether oxygens (including phenoxy) is 1. The number of nitrogen functional groups attached to an aromatic ring is 1. The molecule has 108 valence electrons. The molecule has 0 atom stereocenters. The van der Waals surface area contributed by atoms with Gasteiger partial charge < -0.3 is 15.4 Å². The molecule has 2 N–H and O–H groups in total. The topological polar surface area (TPSA) is 79.3 Å². The van der Waals surface area contributed by atoms with Gasteiger partial charge in [-0.3, -0.25) is 0 Å². The number of nitrogens with two attached hydrogens (primary N) is 1. The first kappa shape index (κ1) is 15.8. The van der Waals surface area contributed by atoms with Gasteiger partial charge in [-0.25, -0.2) is 4.79 Å². The molecule has 0 saturated carbocycles. The van der Waals surface area contributed by atoms with Crippen LogP contribution in [-0.2, 0) is 4.74 Å².